The zero-order valence-corrected chi connectivity index (χ0v) is 14.8. The number of rotatable bonds is 4. The van der Waals surface area contributed by atoms with Crippen LogP contribution in [0.25, 0.3) is 0 Å². The van der Waals surface area contributed by atoms with Gasteiger partial charge in [0, 0.05) is 29.1 Å². The number of piperazine rings is 1. The molecule has 2 nitrogen and oxygen atoms in total. The van der Waals surface area contributed by atoms with E-state index in [1.165, 1.54) is 35.0 Å². The van der Waals surface area contributed by atoms with Crippen molar-refractivity contribution in [1.29, 1.82) is 0 Å². The van der Waals surface area contributed by atoms with E-state index in [0.29, 0.717) is 6.04 Å². The molecule has 1 aromatic carbocycles. The number of nitrogens with zero attached hydrogens (tertiary/aromatic N) is 1. The third kappa shape index (κ3) is 3.04. The number of aryl methyl sites for hydroxylation is 1. The molecule has 1 fully saturated rings. The standard InChI is InChI=1S/C17H27BrN2/c1-5-14-11-19-17(6-2,7-3)12-20(14)16-10-13(4)8-9-15(16)18/h8-10,14,19H,5-7,11-12H2,1-4H3. The van der Waals surface area contributed by atoms with Crippen LogP contribution in [0.2, 0.25) is 0 Å². The molecule has 0 aromatic heterocycles. The lowest BCUT2D eigenvalue weighted by atomic mass is 9.87. The van der Waals surface area contributed by atoms with Crippen molar-refractivity contribution >= 4 is 21.6 Å². The second kappa shape index (κ2) is 6.48. The molecular formula is C17H27BrN2. The highest BCUT2D eigenvalue weighted by Gasteiger charge is 2.36. The van der Waals surface area contributed by atoms with Gasteiger partial charge in [-0.2, -0.15) is 0 Å². The summed E-state index contributed by atoms with van der Waals surface area (Å²) in [6, 6.07) is 7.25. The van der Waals surface area contributed by atoms with Gasteiger partial charge in [0.1, 0.15) is 0 Å². The van der Waals surface area contributed by atoms with Crippen LogP contribution < -0.4 is 10.2 Å². The number of benzene rings is 1. The summed E-state index contributed by atoms with van der Waals surface area (Å²) in [6.45, 7) is 11.2. The zero-order chi connectivity index (χ0) is 14.8. The van der Waals surface area contributed by atoms with E-state index >= 15 is 0 Å². The molecule has 1 saturated heterocycles. The van der Waals surface area contributed by atoms with Crippen LogP contribution in [0.15, 0.2) is 22.7 Å². The number of nitrogens with one attached hydrogen (secondary N) is 1. The maximum atomic E-state index is 3.81. The van der Waals surface area contributed by atoms with Gasteiger partial charge in [-0.3, -0.25) is 0 Å². The van der Waals surface area contributed by atoms with E-state index < -0.39 is 0 Å². The maximum absolute atomic E-state index is 3.81. The first kappa shape index (κ1) is 15.8. The van der Waals surface area contributed by atoms with Crippen LogP contribution >= 0.6 is 15.9 Å². The van der Waals surface area contributed by atoms with Gasteiger partial charge in [0.25, 0.3) is 0 Å². The van der Waals surface area contributed by atoms with Crippen molar-refractivity contribution in [1.82, 2.24) is 5.32 Å². The number of hydrogen-bond donors (Lipinski definition) is 1. The van der Waals surface area contributed by atoms with Crippen molar-refractivity contribution in [2.75, 3.05) is 18.0 Å². The Kier molecular flexibility index (Phi) is 5.14. The smallest absolute Gasteiger partial charge is 0.0516 e. The Hall–Kier alpha value is -0.540. The van der Waals surface area contributed by atoms with E-state index in [9.17, 15) is 0 Å². The van der Waals surface area contributed by atoms with Crippen LogP contribution in [-0.4, -0.2) is 24.7 Å². The molecule has 20 heavy (non-hydrogen) atoms. The Labute approximate surface area is 132 Å². The molecule has 1 aliphatic heterocycles. The van der Waals surface area contributed by atoms with Crippen LogP contribution in [-0.2, 0) is 0 Å². The average molecular weight is 339 g/mol. The van der Waals surface area contributed by atoms with Gasteiger partial charge in [0.15, 0.2) is 0 Å². The van der Waals surface area contributed by atoms with Crippen molar-refractivity contribution in [3.63, 3.8) is 0 Å². The topological polar surface area (TPSA) is 15.3 Å². The molecule has 0 amide bonds. The van der Waals surface area contributed by atoms with Gasteiger partial charge in [-0.25, -0.2) is 0 Å². The highest BCUT2D eigenvalue weighted by atomic mass is 79.9. The molecule has 0 aliphatic carbocycles. The van der Waals surface area contributed by atoms with Crippen LogP contribution in [0, 0.1) is 6.92 Å². The second-order valence-corrected chi connectivity index (χ2v) is 6.87. The molecule has 2 rings (SSSR count). The maximum Gasteiger partial charge on any atom is 0.0516 e. The highest BCUT2D eigenvalue weighted by Crippen LogP contribution is 2.34. The fraction of sp³-hybridized carbons (Fsp3) is 0.647. The van der Waals surface area contributed by atoms with Crippen molar-refractivity contribution in [2.45, 2.75) is 58.5 Å². The molecule has 0 saturated carbocycles. The van der Waals surface area contributed by atoms with Gasteiger partial charge in [0.2, 0.25) is 0 Å². The highest BCUT2D eigenvalue weighted by molar-refractivity contribution is 9.10. The minimum absolute atomic E-state index is 0.259. The number of hydrogen-bond acceptors (Lipinski definition) is 2. The fourth-order valence-corrected chi connectivity index (χ4v) is 3.64. The Morgan fingerprint density at radius 3 is 2.60 bits per heavy atom. The van der Waals surface area contributed by atoms with Gasteiger partial charge in [-0.05, 0) is 59.8 Å². The molecule has 0 spiro atoms. The van der Waals surface area contributed by atoms with Gasteiger partial charge >= 0.3 is 0 Å². The van der Waals surface area contributed by atoms with E-state index in [1.54, 1.807) is 0 Å². The van der Waals surface area contributed by atoms with Gasteiger partial charge in [0.05, 0.1) is 5.69 Å². The average Bonchev–Trinajstić information content (AvgIpc) is 2.49. The summed E-state index contributed by atoms with van der Waals surface area (Å²) in [4.78, 5) is 2.61. The molecule has 1 aliphatic rings. The van der Waals surface area contributed by atoms with Crippen molar-refractivity contribution < 1.29 is 0 Å². The lowest BCUT2D eigenvalue weighted by Crippen LogP contribution is -2.64. The Morgan fingerprint density at radius 2 is 2.00 bits per heavy atom. The molecule has 1 aromatic rings. The molecular weight excluding hydrogens is 312 g/mol. The number of halogens is 1. The normalized spacial score (nSPS) is 22.1. The molecule has 112 valence electrons. The minimum atomic E-state index is 0.259. The Balaban J connectivity index is 2.36. The molecule has 0 radical (unpaired) electrons. The SMILES string of the molecule is CCC1CNC(CC)(CC)CN1c1cc(C)ccc1Br. The van der Waals surface area contributed by atoms with Crippen LogP contribution in [0.5, 0.6) is 0 Å². The first-order chi connectivity index (χ1) is 9.55. The summed E-state index contributed by atoms with van der Waals surface area (Å²) in [5.41, 5.74) is 2.94. The molecule has 1 unspecified atom stereocenters. The number of anilines is 1. The van der Waals surface area contributed by atoms with E-state index in [0.717, 1.165) is 13.1 Å². The van der Waals surface area contributed by atoms with Crippen LogP contribution in [0.4, 0.5) is 5.69 Å². The monoisotopic (exact) mass is 338 g/mol. The summed E-state index contributed by atoms with van der Waals surface area (Å²) in [7, 11) is 0. The molecule has 1 atom stereocenters. The summed E-state index contributed by atoms with van der Waals surface area (Å²) < 4.78 is 1.21. The van der Waals surface area contributed by atoms with Gasteiger partial charge < -0.3 is 10.2 Å². The summed E-state index contributed by atoms with van der Waals surface area (Å²) in [5.74, 6) is 0. The quantitative estimate of drug-likeness (QED) is 0.869. The molecule has 0 bridgehead atoms. The third-order valence-electron chi connectivity index (χ3n) is 4.86. The van der Waals surface area contributed by atoms with E-state index in [-0.39, 0.29) is 5.54 Å². The lowest BCUT2D eigenvalue weighted by molar-refractivity contribution is 0.246. The first-order valence-corrected chi connectivity index (χ1v) is 8.62. The summed E-state index contributed by atoms with van der Waals surface area (Å²) in [5, 5.41) is 3.81. The van der Waals surface area contributed by atoms with Gasteiger partial charge in [-0.15, -0.1) is 0 Å². The summed E-state index contributed by atoms with van der Waals surface area (Å²) >= 11 is 3.74. The second-order valence-electron chi connectivity index (χ2n) is 6.01. The Bertz CT molecular complexity index is 454. The fourth-order valence-electron chi connectivity index (χ4n) is 3.17. The largest absolute Gasteiger partial charge is 0.365 e. The van der Waals surface area contributed by atoms with Crippen LogP contribution in [0.1, 0.15) is 45.6 Å². The zero-order valence-electron chi connectivity index (χ0n) is 13.2. The Morgan fingerprint density at radius 1 is 1.30 bits per heavy atom. The summed E-state index contributed by atoms with van der Waals surface area (Å²) in [6.07, 6.45) is 3.54. The predicted molar refractivity (Wildman–Crippen MR) is 91.6 cm³/mol. The minimum Gasteiger partial charge on any atom is -0.365 e. The van der Waals surface area contributed by atoms with Crippen molar-refractivity contribution in [3.8, 4) is 0 Å². The van der Waals surface area contributed by atoms with Crippen molar-refractivity contribution in [2.24, 2.45) is 0 Å². The van der Waals surface area contributed by atoms with E-state index in [2.05, 4.69) is 72.0 Å². The van der Waals surface area contributed by atoms with Crippen LogP contribution in [0.3, 0.4) is 0 Å². The molecule has 1 N–H and O–H groups in total. The lowest BCUT2D eigenvalue weighted by Gasteiger charge is -2.49. The van der Waals surface area contributed by atoms with Gasteiger partial charge in [-0.1, -0.05) is 26.8 Å². The third-order valence-corrected chi connectivity index (χ3v) is 5.53. The van der Waals surface area contributed by atoms with Crippen molar-refractivity contribution in [3.05, 3.63) is 28.2 Å². The first-order valence-electron chi connectivity index (χ1n) is 7.83. The van der Waals surface area contributed by atoms with E-state index in [4.69, 9.17) is 0 Å². The predicted octanol–water partition coefficient (Wildman–Crippen LogP) is 4.50. The molecule has 3 heteroatoms. The molecule has 1 heterocycles. The van der Waals surface area contributed by atoms with E-state index in [1.807, 2.05) is 0 Å².